The quantitative estimate of drug-likeness (QED) is 0.671. The molecule has 136 valence electrons. The molecule has 0 fully saturated rings. The number of nitrogens with zero attached hydrogens (tertiary/aromatic N) is 2. The first-order chi connectivity index (χ1) is 11.8. The molecular weight excluding hydrogens is 330 g/mol. The molecule has 10 nitrogen and oxygen atoms in total. The number of ether oxygens (including phenoxy) is 1. The molecule has 0 radical (unpaired) electrons. The number of urea groups is 1. The van der Waals surface area contributed by atoms with Gasteiger partial charge in [0.1, 0.15) is 5.75 Å². The summed E-state index contributed by atoms with van der Waals surface area (Å²) in [6, 6.07) is 7.43. The van der Waals surface area contributed by atoms with Crippen molar-refractivity contribution in [2.45, 2.75) is 13.3 Å². The third kappa shape index (κ3) is 7.68. The van der Waals surface area contributed by atoms with Crippen molar-refractivity contribution in [2.75, 3.05) is 20.6 Å². The minimum Gasteiger partial charge on any atom is -0.409 e. The Kier molecular flexibility index (Phi) is 7.70. The number of rotatable bonds is 4. The van der Waals surface area contributed by atoms with Crippen molar-refractivity contribution >= 4 is 23.9 Å². The monoisotopic (exact) mass is 351 g/mol. The summed E-state index contributed by atoms with van der Waals surface area (Å²) in [7, 11) is 3.15. The van der Waals surface area contributed by atoms with Crippen LogP contribution in [-0.2, 0) is 9.59 Å². The van der Waals surface area contributed by atoms with Crippen molar-refractivity contribution < 1.29 is 23.9 Å². The van der Waals surface area contributed by atoms with Crippen molar-refractivity contribution in [1.82, 2.24) is 26.2 Å². The number of amides is 5. The van der Waals surface area contributed by atoms with Crippen molar-refractivity contribution in [3.8, 4) is 5.75 Å². The van der Waals surface area contributed by atoms with Crippen molar-refractivity contribution in [3.05, 3.63) is 30.3 Å². The maximum Gasteiger partial charge on any atom is 0.431 e. The first kappa shape index (κ1) is 19.7. The standard InChI is InChI=1S/C15H21N5O5/c1-11(21)18-20(10-9-13(22)19(2)3)14(23)16-17-15(24)25-12-7-5-4-6-8-12/h4-8H,9-10H2,1-3H3,(H,16,23)(H,17,24)(H,18,21). The van der Waals surface area contributed by atoms with Gasteiger partial charge in [0.15, 0.2) is 0 Å². The fourth-order valence-corrected chi connectivity index (χ4v) is 1.62. The summed E-state index contributed by atoms with van der Waals surface area (Å²) in [6.45, 7) is 1.14. The van der Waals surface area contributed by atoms with E-state index >= 15 is 0 Å². The van der Waals surface area contributed by atoms with Crippen LogP contribution < -0.4 is 21.0 Å². The van der Waals surface area contributed by atoms with Crippen molar-refractivity contribution in [1.29, 1.82) is 0 Å². The van der Waals surface area contributed by atoms with Crippen LogP contribution in [0, 0.1) is 0 Å². The zero-order valence-electron chi connectivity index (χ0n) is 14.2. The molecule has 0 saturated carbocycles. The SMILES string of the molecule is CC(=O)NN(CCC(=O)N(C)C)C(=O)NNC(=O)Oc1ccccc1. The Labute approximate surface area is 145 Å². The molecule has 0 spiro atoms. The van der Waals surface area contributed by atoms with E-state index in [4.69, 9.17) is 4.74 Å². The Morgan fingerprint density at radius 2 is 1.68 bits per heavy atom. The maximum absolute atomic E-state index is 12.0. The van der Waals surface area contributed by atoms with Gasteiger partial charge in [0.05, 0.1) is 6.54 Å². The van der Waals surface area contributed by atoms with Crippen LogP contribution in [0.4, 0.5) is 9.59 Å². The van der Waals surface area contributed by atoms with Gasteiger partial charge in [-0.15, -0.1) is 0 Å². The fraction of sp³-hybridized carbons (Fsp3) is 0.333. The highest BCUT2D eigenvalue weighted by atomic mass is 16.6. The summed E-state index contributed by atoms with van der Waals surface area (Å²) in [5, 5.41) is 0.881. The number of hydrogen-bond donors (Lipinski definition) is 3. The van der Waals surface area contributed by atoms with Gasteiger partial charge in [-0.25, -0.2) is 25.4 Å². The van der Waals surface area contributed by atoms with Crippen LogP contribution in [0.3, 0.4) is 0 Å². The molecule has 1 rings (SSSR count). The zero-order chi connectivity index (χ0) is 18.8. The molecule has 1 aromatic rings. The first-order valence-corrected chi connectivity index (χ1v) is 7.37. The van der Waals surface area contributed by atoms with Gasteiger partial charge in [-0.3, -0.25) is 15.0 Å². The first-order valence-electron chi connectivity index (χ1n) is 7.37. The predicted molar refractivity (Wildman–Crippen MR) is 88.0 cm³/mol. The van der Waals surface area contributed by atoms with E-state index in [1.807, 2.05) is 5.43 Å². The molecular formula is C15H21N5O5. The number of para-hydroxylation sites is 1. The Morgan fingerprint density at radius 3 is 2.24 bits per heavy atom. The Bertz CT molecular complexity index is 620. The van der Waals surface area contributed by atoms with Gasteiger partial charge < -0.3 is 9.64 Å². The van der Waals surface area contributed by atoms with Crippen LogP contribution in [0.15, 0.2) is 30.3 Å². The van der Waals surface area contributed by atoms with Crippen LogP contribution in [0.2, 0.25) is 0 Å². The van der Waals surface area contributed by atoms with Crippen LogP contribution in [0.1, 0.15) is 13.3 Å². The molecule has 25 heavy (non-hydrogen) atoms. The third-order valence-corrected chi connectivity index (χ3v) is 2.81. The summed E-state index contributed by atoms with van der Waals surface area (Å²) in [6.07, 6.45) is -0.915. The van der Waals surface area contributed by atoms with Crippen molar-refractivity contribution in [2.24, 2.45) is 0 Å². The second-order valence-corrected chi connectivity index (χ2v) is 5.12. The number of carbonyl (C=O) groups excluding carboxylic acids is 4. The number of benzene rings is 1. The molecule has 5 amide bonds. The second kappa shape index (κ2) is 9.75. The molecule has 0 aliphatic rings. The fourth-order valence-electron chi connectivity index (χ4n) is 1.62. The molecule has 0 bridgehead atoms. The van der Waals surface area contributed by atoms with E-state index in [1.54, 1.807) is 44.4 Å². The zero-order valence-corrected chi connectivity index (χ0v) is 14.2. The molecule has 0 saturated heterocycles. The molecule has 0 aliphatic heterocycles. The number of hydrogen-bond acceptors (Lipinski definition) is 5. The molecule has 0 heterocycles. The number of nitrogens with one attached hydrogen (secondary N) is 3. The molecule has 10 heteroatoms. The lowest BCUT2D eigenvalue weighted by Crippen LogP contribution is -2.55. The Balaban J connectivity index is 2.51. The van der Waals surface area contributed by atoms with E-state index in [-0.39, 0.29) is 18.9 Å². The van der Waals surface area contributed by atoms with E-state index in [2.05, 4.69) is 10.9 Å². The van der Waals surface area contributed by atoms with Gasteiger partial charge in [0.2, 0.25) is 11.8 Å². The summed E-state index contributed by atoms with van der Waals surface area (Å²) >= 11 is 0. The van der Waals surface area contributed by atoms with Crippen LogP contribution >= 0.6 is 0 Å². The highest BCUT2D eigenvalue weighted by Crippen LogP contribution is 2.07. The summed E-state index contributed by atoms with van der Waals surface area (Å²) < 4.78 is 4.92. The van der Waals surface area contributed by atoms with E-state index in [0.717, 1.165) is 5.01 Å². The minimum atomic E-state index is -0.910. The highest BCUT2D eigenvalue weighted by molar-refractivity contribution is 5.82. The van der Waals surface area contributed by atoms with Crippen LogP contribution in [-0.4, -0.2) is 54.5 Å². The van der Waals surface area contributed by atoms with Gasteiger partial charge in [-0.05, 0) is 12.1 Å². The molecule has 1 aromatic carbocycles. The van der Waals surface area contributed by atoms with Gasteiger partial charge in [0.25, 0.3) is 0 Å². The normalized spacial score (nSPS) is 9.56. The van der Waals surface area contributed by atoms with Gasteiger partial charge in [0, 0.05) is 27.4 Å². The second-order valence-electron chi connectivity index (χ2n) is 5.12. The maximum atomic E-state index is 12.0. The lowest BCUT2D eigenvalue weighted by atomic mass is 10.3. The summed E-state index contributed by atoms with van der Waals surface area (Å²) in [5.74, 6) is -0.427. The predicted octanol–water partition coefficient (Wildman–Crippen LogP) is 0.231. The molecule has 0 atom stereocenters. The molecule has 0 unspecified atom stereocenters. The smallest absolute Gasteiger partial charge is 0.409 e. The summed E-state index contributed by atoms with van der Waals surface area (Å²) in [5.41, 5.74) is 6.40. The lowest BCUT2D eigenvalue weighted by Gasteiger charge is -2.23. The van der Waals surface area contributed by atoms with Gasteiger partial charge in [-0.2, -0.15) is 0 Å². The van der Waals surface area contributed by atoms with E-state index < -0.39 is 18.0 Å². The van der Waals surface area contributed by atoms with E-state index in [1.165, 1.54) is 11.8 Å². The summed E-state index contributed by atoms with van der Waals surface area (Å²) in [4.78, 5) is 47.8. The number of carbonyl (C=O) groups is 4. The van der Waals surface area contributed by atoms with E-state index in [9.17, 15) is 19.2 Å². The average Bonchev–Trinajstić information content (AvgIpc) is 2.56. The Hall–Kier alpha value is -3.30. The molecule has 3 N–H and O–H groups in total. The molecule has 0 aliphatic carbocycles. The molecule has 0 aromatic heterocycles. The third-order valence-electron chi connectivity index (χ3n) is 2.81. The topological polar surface area (TPSA) is 120 Å². The van der Waals surface area contributed by atoms with Gasteiger partial charge in [-0.1, -0.05) is 18.2 Å². The van der Waals surface area contributed by atoms with Crippen molar-refractivity contribution in [3.63, 3.8) is 0 Å². The van der Waals surface area contributed by atoms with Gasteiger partial charge >= 0.3 is 12.1 Å². The average molecular weight is 351 g/mol. The van der Waals surface area contributed by atoms with Crippen LogP contribution in [0.25, 0.3) is 0 Å². The number of hydrazine groups is 2. The lowest BCUT2D eigenvalue weighted by molar-refractivity contribution is -0.130. The van der Waals surface area contributed by atoms with E-state index in [0.29, 0.717) is 5.75 Å². The highest BCUT2D eigenvalue weighted by Gasteiger charge is 2.17. The Morgan fingerprint density at radius 1 is 1.04 bits per heavy atom. The largest absolute Gasteiger partial charge is 0.431 e. The van der Waals surface area contributed by atoms with Crippen LogP contribution in [0.5, 0.6) is 5.75 Å². The minimum absolute atomic E-state index is 0.00480.